The lowest BCUT2D eigenvalue weighted by Crippen LogP contribution is -2.56. The fraction of sp³-hybridized carbons (Fsp3) is 0.208. The van der Waals surface area contributed by atoms with E-state index in [9.17, 15) is 13.6 Å². The van der Waals surface area contributed by atoms with Crippen molar-refractivity contribution < 1.29 is 18.3 Å². The predicted octanol–water partition coefficient (Wildman–Crippen LogP) is 3.77. The summed E-state index contributed by atoms with van der Waals surface area (Å²) in [4.78, 5) is 18.6. The molecule has 1 aliphatic rings. The minimum absolute atomic E-state index is 0.00294. The summed E-state index contributed by atoms with van der Waals surface area (Å²) in [7, 11) is 0. The second-order valence-corrected chi connectivity index (χ2v) is 8.52. The number of H-pyrrole nitrogens is 1. The summed E-state index contributed by atoms with van der Waals surface area (Å²) in [5.74, 6) is -2.01. The van der Waals surface area contributed by atoms with Crippen LogP contribution >= 0.6 is 11.6 Å². The average Bonchev–Trinajstić information content (AvgIpc) is 3.28. The lowest BCUT2D eigenvalue weighted by atomic mass is 9.89. The number of pyridine rings is 1. The number of aromatic amines is 1. The summed E-state index contributed by atoms with van der Waals surface area (Å²) in [6.07, 6.45) is 3.34. The molecule has 1 atom stereocenters. The third-order valence-electron chi connectivity index (χ3n) is 6.10. The quantitative estimate of drug-likeness (QED) is 0.421. The van der Waals surface area contributed by atoms with Crippen molar-refractivity contribution in [1.29, 1.82) is 0 Å². The number of halogens is 3. The van der Waals surface area contributed by atoms with E-state index in [0.717, 1.165) is 28.6 Å². The molecule has 5 rings (SSSR count). The minimum atomic E-state index is -1.49. The van der Waals surface area contributed by atoms with Crippen molar-refractivity contribution in [1.82, 2.24) is 20.1 Å². The van der Waals surface area contributed by atoms with Gasteiger partial charge in [0, 0.05) is 48.5 Å². The largest absolute Gasteiger partial charge is 0.367 e. The zero-order valence-electron chi connectivity index (χ0n) is 17.9. The van der Waals surface area contributed by atoms with Crippen LogP contribution in [0, 0.1) is 11.6 Å². The average molecular weight is 484 g/mol. The molecular weight excluding hydrogens is 464 g/mol. The number of primary amides is 1. The van der Waals surface area contributed by atoms with E-state index < -0.39 is 23.1 Å². The summed E-state index contributed by atoms with van der Waals surface area (Å²) in [6, 6.07) is 11.1. The van der Waals surface area contributed by atoms with Gasteiger partial charge in [-0.2, -0.15) is 5.10 Å². The molecule has 7 nitrogen and oxygen atoms in total. The number of hydrogen-bond donors (Lipinski definition) is 2. The number of nitrogens with one attached hydrogen (secondary N) is 1. The van der Waals surface area contributed by atoms with Crippen LogP contribution in [0.2, 0.25) is 5.02 Å². The van der Waals surface area contributed by atoms with E-state index in [0.29, 0.717) is 17.8 Å². The van der Waals surface area contributed by atoms with Crippen LogP contribution in [0.15, 0.2) is 54.9 Å². The Morgan fingerprint density at radius 2 is 1.94 bits per heavy atom. The zero-order chi connectivity index (χ0) is 23.9. The van der Waals surface area contributed by atoms with E-state index in [1.165, 1.54) is 0 Å². The van der Waals surface area contributed by atoms with Crippen molar-refractivity contribution in [3.05, 3.63) is 82.6 Å². The Kier molecular flexibility index (Phi) is 5.76. The van der Waals surface area contributed by atoms with Gasteiger partial charge in [-0.3, -0.25) is 19.8 Å². The molecule has 3 N–H and O–H groups in total. The number of rotatable bonds is 5. The Balaban J connectivity index is 1.53. The van der Waals surface area contributed by atoms with Crippen molar-refractivity contribution in [3.63, 3.8) is 0 Å². The first-order valence-corrected chi connectivity index (χ1v) is 10.9. The second kappa shape index (κ2) is 8.75. The number of nitrogens with two attached hydrogens (primary N) is 1. The molecule has 1 aliphatic heterocycles. The molecule has 0 aliphatic carbocycles. The summed E-state index contributed by atoms with van der Waals surface area (Å²) in [5.41, 5.74) is 7.26. The Morgan fingerprint density at radius 1 is 1.18 bits per heavy atom. The molecule has 0 spiro atoms. The standard InChI is InChI=1S/C24H20ClF2N5O2/c25-21-17(18(26)2-3-19(21)27)12-32-9-10-34-24(13-32,23(28)33)15-1-4-20-16(11-15)22(31-30-20)14-5-7-29-8-6-14/h1-8,11H,9-10,12-13H2,(H2,28,33)(H,30,31). The predicted molar refractivity (Wildman–Crippen MR) is 123 cm³/mol. The van der Waals surface area contributed by atoms with Gasteiger partial charge in [-0.05, 0) is 42.0 Å². The highest BCUT2D eigenvalue weighted by Gasteiger charge is 2.44. The number of morpholine rings is 1. The number of carbonyl (C=O) groups excluding carboxylic acids is 1. The molecule has 3 heterocycles. The van der Waals surface area contributed by atoms with Gasteiger partial charge in [0.2, 0.25) is 0 Å². The normalized spacial score (nSPS) is 18.9. The number of nitrogens with zero attached hydrogens (tertiary/aromatic N) is 3. The van der Waals surface area contributed by atoms with Crippen LogP contribution in [-0.2, 0) is 21.7 Å². The van der Waals surface area contributed by atoms with E-state index in [2.05, 4.69) is 15.2 Å². The van der Waals surface area contributed by atoms with Crippen LogP contribution in [0.1, 0.15) is 11.1 Å². The van der Waals surface area contributed by atoms with Crippen molar-refractivity contribution in [2.45, 2.75) is 12.1 Å². The Morgan fingerprint density at radius 3 is 2.71 bits per heavy atom. The highest BCUT2D eigenvalue weighted by atomic mass is 35.5. The number of amides is 1. The first-order valence-electron chi connectivity index (χ1n) is 10.6. The number of aromatic nitrogens is 3. The summed E-state index contributed by atoms with van der Waals surface area (Å²) in [5, 5.41) is 7.90. The maximum atomic E-state index is 14.4. The molecule has 4 aromatic rings. The van der Waals surface area contributed by atoms with Gasteiger partial charge in [-0.25, -0.2) is 8.78 Å². The highest BCUT2D eigenvalue weighted by molar-refractivity contribution is 6.31. The van der Waals surface area contributed by atoms with Crippen molar-refractivity contribution >= 4 is 28.4 Å². The summed E-state index contributed by atoms with van der Waals surface area (Å²) < 4.78 is 34.3. The highest BCUT2D eigenvalue weighted by Crippen LogP contribution is 2.35. The van der Waals surface area contributed by atoms with Crippen LogP contribution in [-0.4, -0.2) is 45.7 Å². The molecule has 1 amide bonds. The van der Waals surface area contributed by atoms with Gasteiger partial charge in [0.1, 0.15) is 17.3 Å². The molecule has 0 radical (unpaired) electrons. The lowest BCUT2D eigenvalue weighted by Gasteiger charge is -2.41. The number of benzene rings is 2. The van der Waals surface area contributed by atoms with Gasteiger partial charge >= 0.3 is 0 Å². The van der Waals surface area contributed by atoms with Crippen molar-refractivity contribution in [2.75, 3.05) is 19.7 Å². The molecule has 1 unspecified atom stereocenters. The van der Waals surface area contributed by atoms with Crippen molar-refractivity contribution in [3.8, 4) is 11.3 Å². The Bertz CT molecular complexity index is 1380. The first-order chi connectivity index (χ1) is 16.4. The molecule has 2 aromatic carbocycles. The van der Waals surface area contributed by atoms with E-state index in [1.54, 1.807) is 29.4 Å². The maximum Gasteiger partial charge on any atom is 0.255 e. The maximum absolute atomic E-state index is 14.4. The molecule has 34 heavy (non-hydrogen) atoms. The summed E-state index contributed by atoms with van der Waals surface area (Å²) in [6.45, 7) is 0.593. The van der Waals surface area contributed by atoms with E-state index in [4.69, 9.17) is 22.1 Å². The topological polar surface area (TPSA) is 97.1 Å². The van der Waals surface area contributed by atoms with Crippen LogP contribution in [0.25, 0.3) is 22.2 Å². The Hall–Kier alpha value is -3.40. The van der Waals surface area contributed by atoms with Gasteiger partial charge in [-0.15, -0.1) is 0 Å². The fourth-order valence-corrected chi connectivity index (χ4v) is 4.54. The molecular formula is C24H20ClF2N5O2. The zero-order valence-corrected chi connectivity index (χ0v) is 18.6. The smallest absolute Gasteiger partial charge is 0.255 e. The second-order valence-electron chi connectivity index (χ2n) is 8.14. The monoisotopic (exact) mass is 483 g/mol. The van der Waals surface area contributed by atoms with Gasteiger partial charge in [-0.1, -0.05) is 17.7 Å². The molecule has 2 aromatic heterocycles. The van der Waals surface area contributed by atoms with Crippen LogP contribution in [0.3, 0.4) is 0 Å². The van der Waals surface area contributed by atoms with Crippen molar-refractivity contribution in [2.24, 2.45) is 5.73 Å². The van der Waals surface area contributed by atoms with E-state index in [-0.39, 0.29) is 30.3 Å². The van der Waals surface area contributed by atoms with Crippen LogP contribution in [0.4, 0.5) is 8.78 Å². The van der Waals surface area contributed by atoms with Gasteiger partial charge in [0.05, 0.1) is 17.1 Å². The van der Waals surface area contributed by atoms with E-state index in [1.807, 2.05) is 18.2 Å². The SMILES string of the molecule is NC(=O)C1(c2ccc3[nH]nc(-c4ccncc4)c3c2)CN(Cc2c(F)ccc(F)c2Cl)CCO1. The number of fused-ring (bicyclic) bond motifs is 1. The molecule has 10 heteroatoms. The third-order valence-corrected chi connectivity index (χ3v) is 6.51. The van der Waals surface area contributed by atoms with Gasteiger partial charge in [0.25, 0.3) is 5.91 Å². The lowest BCUT2D eigenvalue weighted by molar-refractivity contribution is -0.160. The van der Waals surface area contributed by atoms with E-state index >= 15 is 0 Å². The fourth-order valence-electron chi connectivity index (χ4n) is 4.32. The van der Waals surface area contributed by atoms with Crippen LogP contribution in [0.5, 0.6) is 0 Å². The molecule has 1 saturated heterocycles. The summed E-state index contributed by atoms with van der Waals surface area (Å²) >= 11 is 6.02. The minimum Gasteiger partial charge on any atom is -0.367 e. The first kappa shape index (κ1) is 22.4. The third kappa shape index (κ3) is 3.81. The molecule has 174 valence electrons. The van der Waals surface area contributed by atoms with Gasteiger partial charge in [0.15, 0.2) is 5.60 Å². The van der Waals surface area contributed by atoms with Crippen LogP contribution < -0.4 is 5.73 Å². The van der Waals surface area contributed by atoms with Gasteiger partial charge < -0.3 is 10.5 Å². The molecule has 0 saturated carbocycles. The number of hydrogen-bond acceptors (Lipinski definition) is 5. The Labute approximate surface area is 198 Å². The number of carbonyl (C=O) groups is 1. The number of ether oxygens (including phenoxy) is 1. The molecule has 0 bridgehead atoms. The molecule has 1 fully saturated rings.